The summed E-state index contributed by atoms with van der Waals surface area (Å²) in [6, 6.07) is 7.70. The van der Waals surface area contributed by atoms with E-state index in [1.165, 1.54) is 16.9 Å². The SMILES string of the molecule is O=C(c1ccc2c(c1)COC2)c1sccc1Br. The lowest BCUT2D eigenvalue weighted by molar-refractivity contribution is 0.104. The Labute approximate surface area is 111 Å². The first-order chi connectivity index (χ1) is 8.25. The van der Waals surface area contributed by atoms with Gasteiger partial charge in [-0.15, -0.1) is 11.3 Å². The van der Waals surface area contributed by atoms with Crippen LogP contribution in [0.4, 0.5) is 0 Å². The van der Waals surface area contributed by atoms with Gasteiger partial charge >= 0.3 is 0 Å². The molecule has 0 saturated carbocycles. The molecule has 1 aliphatic rings. The Morgan fingerprint density at radius 1 is 1.24 bits per heavy atom. The van der Waals surface area contributed by atoms with Crippen LogP contribution in [0.5, 0.6) is 0 Å². The molecule has 0 amide bonds. The molecule has 0 saturated heterocycles. The highest BCUT2D eigenvalue weighted by molar-refractivity contribution is 9.10. The lowest BCUT2D eigenvalue weighted by Gasteiger charge is -2.02. The van der Waals surface area contributed by atoms with Crippen LogP contribution in [-0.2, 0) is 18.0 Å². The number of hydrogen-bond acceptors (Lipinski definition) is 3. The smallest absolute Gasteiger partial charge is 0.204 e. The molecular weight excluding hydrogens is 300 g/mol. The molecule has 0 fully saturated rings. The first-order valence-electron chi connectivity index (χ1n) is 5.23. The zero-order chi connectivity index (χ0) is 11.8. The number of halogens is 1. The van der Waals surface area contributed by atoms with Crippen molar-refractivity contribution >= 4 is 33.0 Å². The fourth-order valence-corrected chi connectivity index (χ4v) is 3.41. The van der Waals surface area contributed by atoms with Crippen molar-refractivity contribution in [1.29, 1.82) is 0 Å². The quantitative estimate of drug-likeness (QED) is 0.789. The number of carbonyl (C=O) groups excluding carboxylic acids is 1. The van der Waals surface area contributed by atoms with Crippen molar-refractivity contribution in [3.05, 3.63) is 55.7 Å². The molecule has 1 aromatic heterocycles. The summed E-state index contributed by atoms with van der Waals surface area (Å²) in [4.78, 5) is 13.0. The second kappa shape index (κ2) is 4.37. The molecule has 0 bridgehead atoms. The number of rotatable bonds is 2. The van der Waals surface area contributed by atoms with Gasteiger partial charge in [-0.3, -0.25) is 4.79 Å². The zero-order valence-corrected chi connectivity index (χ0v) is 11.3. The van der Waals surface area contributed by atoms with Gasteiger partial charge in [0.15, 0.2) is 0 Å². The van der Waals surface area contributed by atoms with Crippen molar-refractivity contribution in [2.75, 3.05) is 0 Å². The predicted molar refractivity (Wildman–Crippen MR) is 70.4 cm³/mol. The second-order valence-corrected chi connectivity index (χ2v) is 5.67. The standard InChI is InChI=1S/C13H9BrO2S/c14-11-3-4-17-13(11)12(15)8-1-2-9-6-16-7-10(9)5-8/h1-5H,6-7H2. The minimum atomic E-state index is 0.0709. The van der Waals surface area contributed by atoms with Crippen LogP contribution in [-0.4, -0.2) is 5.78 Å². The maximum atomic E-state index is 12.3. The van der Waals surface area contributed by atoms with Crippen LogP contribution in [0.3, 0.4) is 0 Å². The highest BCUT2D eigenvalue weighted by Crippen LogP contribution is 2.27. The molecule has 1 aromatic carbocycles. The lowest BCUT2D eigenvalue weighted by Crippen LogP contribution is -2.00. The predicted octanol–water partition coefficient (Wildman–Crippen LogP) is 3.77. The average molecular weight is 309 g/mol. The summed E-state index contributed by atoms with van der Waals surface area (Å²) in [6.07, 6.45) is 0. The van der Waals surface area contributed by atoms with E-state index >= 15 is 0 Å². The van der Waals surface area contributed by atoms with Gasteiger partial charge in [0.2, 0.25) is 5.78 Å². The topological polar surface area (TPSA) is 26.3 Å². The Hall–Kier alpha value is -0.970. The number of thiophene rings is 1. The van der Waals surface area contributed by atoms with E-state index < -0.39 is 0 Å². The number of carbonyl (C=O) groups is 1. The Bertz CT molecular complexity index is 589. The van der Waals surface area contributed by atoms with Gasteiger partial charge in [0.25, 0.3) is 0 Å². The fourth-order valence-electron chi connectivity index (χ4n) is 1.90. The maximum Gasteiger partial charge on any atom is 0.204 e. The Morgan fingerprint density at radius 3 is 2.82 bits per heavy atom. The van der Waals surface area contributed by atoms with E-state index in [0.29, 0.717) is 13.2 Å². The Morgan fingerprint density at radius 2 is 2.06 bits per heavy atom. The number of hydrogen-bond donors (Lipinski definition) is 0. The normalized spacial score (nSPS) is 13.7. The molecule has 0 N–H and O–H groups in total. The first-order valence-corrected chi connectivity index (χ1v) is 6.90. The maximum absolute atomic E-state index is 12.3. The van der Waals surface area contributed by atoms with E-state index in [1.54, 1.807) is 0 Å². The van der Waals surface area contributed by atoms with E-state index in [4.69, 9.17) is 4.74 Å². The molecule has 4 heteroatoms. The van der Waals surface area contributed by atoms with Crippen molar-refractivity contribution < 1.29 is 9.53 Å². The van der Waals surface area contributed by atoms with E-state index in [-0.39, 0.29) is 5.78 Å². The van der Waals surface area contributed by atoms with Crippen LogP contribution in [0.2, 0.25) is 0 Å². The van der Waals surface area contributed by atoms with Crippen molar-refractivity contribution in [2.24, 2.45) is 0 Å². The van der Waals surface area contributed by atoms with E-state index in [2.05, 4.69) is 15.9 Å². The van der Waals surface area contributed by atoms with Gasteiger partial charge in [-0.1, -0.05) is 12.1 Å². The summed E-state index contributed by atoms with van der Waals surface area (Å²) in [6.45, 7) is 1.27. The molecule has 86 valence electrons. The third kappa shape index (κ3) is 1.97. The number of ether oxygens (including phenoxy) is 1. The molecule has 17 heavy (non-hydrogen) atoms. The van der Waals surface area contributed by atoms with Crippen molar-refractivity contribution in [2.45, 2.75) is 13.2 Å². The first kappa shape index (κ1) is 11.1. The van der Waals surface area contributed by atoms with E-state index in [1.807, 2.05) is 29.6 Å². The zero-order valence-electron chi connectivity index (χ0n) is 8.90. The minimum absolute atomic E-state index is 0.0709. The van der Waals surface area contributed by atoms with Gasteiger partial charge in [-0.05, 0) is 44.6 Å². The van der Waals surface area contributed by atoms with Crippen LogP contribution in [0.1, 0.15) is 26.4 Å². The van der Waals surface area contributed by atoms with Gasteiger partial charge in [0.05, 0.1) is 18.1 Å². The molecule has 0 atom stereocenters. The van der Waals surface area contributed by atoms with Crippen LogP contribution < -0.4 is 0 Å². The third-order valence-electron chi connectivity index (χ3n) is 2.81. The Kier molecular flexibility index (Phi) is 2.86. The molecule has 0 unspecified atom stereocenters. The molecule has 1 aliphatic heterocycles. The summed E-state index contributed by atoms with van der Waals surface area (Å²) in [5.74, 6) is 0.0709. The highest BCUT2D eigenvalue weighted by atomic mass is 79.9. The van der Waals surface area contributed by atoms with E-state index in [0.717, 1.165) is 20.5 Å². The fraction of sp³-hybridized carbons (Fsp3) is 0.154. The number of fused-ring (bicyclic) bond motifs is 1. The van der Waals surface area contributed by atoms with Crippen molar-refractivity contribution in [1.82, 2.24) is 0 Å². The Balaban J connectivity index is 2.00. The highest BCUT2D eigenvalue weighted by Gasteiger charge is 2.17. The lowest BCUT2D eigenvalue weighted by atomic mass is 10.0. The summed E-state index contributed by atoms with van der Waals surface area (Å²) in [7, 11) is 0. The molecular formula is C13H9BrO2S. The van der Waals surface area contributed by atoms with Crippen LogP contribution >= 0.6 is 27.3 Å². The third-order valence-corrected chi connectivity index (χ3v) is 4.64. The van der Waals surface area contributed by atoms with E-state index in [9.17, 15) is 4.79 Å². The van der Waals surface area contributed by atoms with Gasteiger partial charge in [-0.2, -0.15) is 0 Å². The largest absolute Gasteiger partial charge is 0.372 e. The summed E-state index contributed by atoms with van der Waals surface area (Å²) in [5, 5.41) is 1.91. The molecule has 2 heterocycles. The average Bonchev–Trinajstić information content (AvgIpc) is 2.95. The van der Waals surface area contributed by atoms with Gasteiger partial charge < -0.3 is 4.74 Å². The molecule has 2 nitrogen and oxygen atoms in total. The van der Waals surface area contributed by atoms with Crippen molar-refractivity contribution in [3.63, 3.8) is 0 Å². The van der Waals surface area contributed by atoms with Crippen LogP contribution in [0, 0.1) is 0 Å². The molecule has 0 radical (unpaired) electrons. The second-order valence-electron chi connectivity index (χ2n) is 3.90. The summed E-state index contributed by atoms with van der Waals surface area (Å²) < 4.78 is 6.21. The molecule has 0 spiro atoms. The van der Waals surface area contributed by atoms with Gasteiger partial charge in [0, 0.05) is 10.0 Å². The number of ketones is 1. The monoisotopic (exact) mass is 308 g/mol. The number of benzene rings is 1. The minimum Gasteiger partial charge on any atom is -0.372 e. The van der Waals surface area contributed by atoms with Crippen LogP contribution in [0.15, 0.2) is 34.1 Å². The summed E-state index contributed by atoms with van der Waals surface area (Å²) in [5.41, 5.74) is 3.05. The summed E-state index contributed by atoms with van der Waals surface area (Å²) >= 11 is 4.85. The van der Waals surface area contributed by atoms with Gasteiger partial charge in [0.1, 0.15) is 0 Å². The van der Waals surface area contributed by atoms with Gasteiger partial charge in [-0.25, -0.2) is 0 Å². The molecule has 2 aromatic rings. The van der Waals surface area contributed by atoms with Crippen LogP contribution in [0.25, 0.3) is 0 Å². The molecule has 3 rings (SSSR count). The molecule has 0 aliphatic carbocycles. The van der Waals surface area contributed by atoms with Crippen molar-refractivity contribution in [3.8, 4) is 0 Å².